The van der Waals surface area contributed by atoms with Crippen molar-refractivity contribution in [3.63, 3.8) is 0 Å². The van der Waals surface area contributed by atoms with Crippen LogP contribution in [0, 0.1) is 0 Å². The third kappa shape index (κ3) is 3.46. The molecule has 1 aromatic rings. The minimum atomic E-state index is 0.389. The van der Waals surface area contributed by atoms with Gasteiger partial charge in [0.2, 0.25) is 0 Å². The smallest absolute Gasteiger partial charge is 0.0635 e. The standard InChI is InChI=1S/C13H21ClN2/c1-4-8-15-10(3)11(5-2)13-12(14)7-6-9-16-13/h6-7,9-11,15H,4-5,8H2,1-3H3. The van der Waals surface area contributed by atoms with E-state index in [1.165, 1.54) is 0 Å². The van der Waals surface area contributed by atoms with E-state index in [-0.39, 0.29) is 0 Å². The zero-order valence-corrected chi connectivity index (χ0v) is 11.1. The van der Waals surface area contributed by atoms with Crippen LogP contribution in [0.5, 0.6) is 0 Å². The van der Waals surface area contributed by atoms with Gasteiger partial charge in [-0.25, -0.2) is 0 Å². The van der Waals surface area contributed by atoms with Gasteiger partial charge in [0.05, 0.1) is 10.7 Å². The average Bonchev–Trinajstić information content (AvgIpc) is 2.30. The second kappa shape index (κ2) is 6.87. The summed E-state index contributed by atoms with van der Waals surface area (Å²) in [5.74, 6) is 0.389. The lowest BCUT2D eigenvalue weighted by Gasteiger charge is -2.24. The summed E-state index contributed by atoms with van der Waals surface area (Å²) in [6.07, 6.45) is 4.02. The van der Waals surface area contributed by atoms with Crippen molar-refractivity contribution in [1.29, 1.82) is 0 Å². The Hall–Kier alpha value is -0.600. The first kappa shape index (κ1) is 13.5. The third-order valence-electron chi connectivity index (χ3n) is 2.90. The molecule has 0 amide bonds. The number of pyridine rings is 1. The molecule has 1 heterocycles. The topological polar surface area (TPSA) is 24.9 Å². The van der Waals surface area contributed by atoms with Crippen molar-refractivity contribution in [2.24, 2.45) is 0 Å². The number of rotatable bonds is 6. The van der Waals surface area contributed by atoms with Gasteiger partial charge < -0.3 is 5.32 Å². The van der Waals surface area contributed by atoms with E-state index in [0.717, 1.165) is 30.1 Å². The SMILES string of the molecule is CCCNC(C)C(CC)c1ncccc1Cl. The Morgan fingerprint density at radius 3 is 2.75 bits per heavy atom. The van der Waals surface area contributed by atoms with Crippen LogP contribution in [-0.4, -0.2) is 17.6 Å². The summed E-state index contributed by atoms with van der Waals surface area (Å²) in [5.41, 5.74) is 1.02. The molecular formula is C13H21ClN2. The third-order valence-corrected chi connectivity index (χ3v) is 3.22. The second-order valence-corrected chi connectivity index (χ2v) is 4.54. The molecule has 0 spiro atoms. The number of halogens is 1. The van der Waals surface area contributed by atoms with Gasteiger partial charge in [0.25, 0.3) is 0 Å². The Morgan fingerprint density at radius 2 is 2.19 bits per heavy atom. The minimum Gasteiger partial charge on any atom is -0.314 e. The summed E-state index contributed by atoms with van der Waals surface area (Å²) in [7, 11) is 0. The van der Waals surface area contributed by atoms with Crippen LogP contribution in [0.25, 0.3) is 0 Å². The lowest BCUT2D eigenvalue weighted by Crippen LogP contribution is -2.33. The normalized spacial score (nSPS) is 14.8. The fraction of sp³-hybridized carbons (Fsp3) is 0.615. The van der Waals surface area contributed by atoms with Gasteiger partial charge in [0.1, 0.15) is 0 Å². The quantitative estimate of drug-likeness (QED) is 0.822. The van der Waals surface area contributed by atoms with Crippen LogP contribution in [0.1, 0.15) is 45.2 Å². The molecule has 0 aliphatic carbocycles. The predicted octanol–water partition coefficient (Wildman–Crippen LogP) is 3.62. The highest BCUT2D eigenvalue weighted by molar-refractivity contribution is 6.31. The van der Waals surface area contributed by atoms with Gasteiger partial charge in [-0.05, 0) is 38.4 Å². The van der Waals surface area contributed by atoms with Crippen molar-refractivity contribution in [2.75, 3.05) is 6.54 Å². The van der Waals surface area contributed by atoms with Crippen LogP contribution in [0.4, 0.5) is 0 Å². The van der Waals surface area contributed by atoms with Gasteiger partial charge >= 0.3 is 0 Å². The first-order valence-corrected chi connectivity index (χ1v) is 6.42. The molecule has 1 aromatic heterocycles. The number of hydrogen-bond acceptors (Lipinski definition) is 2. The fourth-order valence-electron chi connectivity index (χ4n) is 1.97. The maximum absolute atomic E-state index is 6.19. The first-order valence-electron chi connectivity index (χ1n) is 6.04. The summed E-state index contributed by atoms with van der Waals surface area (Å²) < 4.78 is 0. The number of aromatic nitrogens is 1. The van der Waals surface area contributed by atoms with Gasteiger partial charge in [-0.1, -0.05) is 25.4 Å². The number of hydrogen-bond donors (Lipinski definition) is 1. The van der Waals surface area contributed by atoms with E-state index in [0.29, 0.717) is 12.0 Å². The Balaban J connectivity index is 2.77. The summed E-state index contributed by atoms with van der Waals surface area (Å²) >= 11 is 6.19. The molecule has 3 heteroatoms. The van der Waals surface area contributed by atoms with E-state index < -0.39 is 0 Å². The molecule has 2 atom stereocenters. The molecule has 2 unspecified atom stereocenters. The molecule has 0 radical (unpaired) electrons. The lowest BCUT2D eigenvalue weighted by molar-refractivity contribution is 0.443. The zero-order valence-electron chi connectivity index (χ0n) is 10.3. The average molecular weight is 241 g/mol. The van der Waals surface area contributed by atoms with Gasteiger partial charge in [0, 0.05) is 18.2 Å². The van der Waals surface area contributed by atoms with Crippen LogP contribution in [0.15, 0.2) is 18.3 Å². The monoisotopic (exact) mass is 240 g/mol. The second-order valence-electron chi connectivity index (χ2n) is 4.13. The molecule has 90 valence electrons. The van der Waals surface area contributed by atoms with Crippen LogP contribution in [0.3, 0.4) is 0 Å². The van der Waals surface area contributed by atoms with E-state index >= 15 is 0 Å². The lowest BCUT2D eigenvalue weighted by atomic mass is 9.94. The summed E-state index contributed by atoms with van der Waals surface area (Å²) in [4.78, 5) is 4.41. The molecule has 0 saturated carbocycles. The summed E-state index contributed by atoms with van der Waals surface area (Å²) in [6, 6.07) is 4.21. The predicted molar refractivity (Wildman–Crippen MR) is 70.0 cm³/mol. The molecule has 1 rings (SSSR count). The molecule has 0 aromatic carbocycles. The minimum absolute atomic E-state index is 0.389. The van der Waals surface area contributed by atoms with Crippen molar-refractivity contribution in [2.45, 2.75) is 45.6 Å². The van der Waals surface area contributed by atoms with Gasteiger partial charge in [-0.15, -0.1) is 0 Å². The Bertz CT molecular complexity index is 315. The van der Waals surface area contributed by atoms with Gasteiger partial charge in [0.15, 0.2) is 0 Å². The highest BCUT2D eigenvalue weighted by atomic mass is 35.5. The largest absolute Gasteiger partial charge is 0.314 e. The molecule has 0 aliphatic heterocycles. The highest BCUT2D eigenvalue weighted by Crippen LogP contribution is 2.27. The molecule has 0 aliphatic rings. The van der Waals surface area contributed by atoms with Crippen LogP contribution < -0.4 is 5.32 Å². The Morgan fingerprint density at radius 1 is 1.44 bits per heavy atom. The van der Waals surface area contributed by atoms with E-state index in [9.17, 15) is 0 Å². The molecular weight excluding hydrogens is 220 g/mol. The Kier molecular flexibility index (Phi) is 5.78. The van der Waals surface area contributed by atoms with Crippen LogP contribution in [0.2, 0.25) is 5.02 Å². The van der Waals surface area contributed by atoms with Crippen molar-refractivity contribution in [3.8, 4) is 0 Å². The molecule has 0 saturated heterocycles. The highest BCUT2D eigenvalue weighted by Gasteiger charge is 2.20. The van der Waals surface area contributed by atoms with Crippen molar-refractivity contribution in [1.82, 2.24) is 10.3 Å². The van der Waals surface area contributed by atoms with Crippen molar-refractivity contribution >= 4 is 11.6 Å². The number of nitrogens with one attached hydrogen (secondary N) is 1. The van der Waals surface area contributed by atoms with E-state index in [4.69, 9.17) is 11.6 Å². The van der Waals surface area contributed by atoms with E-state index in [1.54, 1.807) is 0 Å². The maximum Gasteiger partial charge on any atom is 0.0635 e. The fourth-order valence-corrected chi connectivity index (χ4v) is 2.23. The zero-order chi connectivity index (χ0) is 12.0. The van der Waals surface area contributed by atoms with Crippen molar-refractivity contribution in [3.05, 3.63) is 29.0 Å². The molecule has 0 bridgehead atoms. The molecule has 2 nitrogen and oxygen atoms in total. The van der Waals surface area contributed by atoms with Crippen molar-refractivity contribution < 1.29 is 0 Å². The van der Waals surface area contributed by atoms with E-state index in [2.05, 4.69) is 31.1 Å². The van der Waals surface area contributed by atoms with E-state index in [1.807, 2.05) is 18.3 Å². The van der Waals surface area contributed by atoms with Gasteiger partial charge in [-0.3, -0.25) is 4.98 Å². The first-order chi connectivity index (χ1) is 7.70. The summed E-state index contributed by atoms with van der Waals surface area (Å²) in [5, 5.41) is 4.29. The molecule has 1 N–H and O–H groups in total. The van der Waals surface area contributed by atoms with Crippen LogP contribution in [-0.2, 0) is 0 Å². The molecule has 16 heavy (non-hydrogen) atoms. The summed E-state index contributed by atoms with van der Waals surface area (Å²) in [6.45, 7) is 7.60. The van der Waals surface area contributed by atoms with Gasteiger partial charge in [-0.2, -0.15) is 0 Å². The molecule has 0 fully saturated rings. The number of nitrogens with zero attached hydrogens (tertiary/aromatic N) is 1. The Labute approximate surface area is 103 Å². The maximum atomic E-state index is 6.19. The van der Waals surface area contributed by atoms with Crippen LogP contribution >= 0.6 is 11.6 Å².